The fourth-order valence-electron chi connectivity index (χ4n) is 2.85. The van der Waals surface area contributed by atoms with Crippen molar-refractivity contribution in [1.29, 1.82) is 0 Å². The topological polar surface area (TPSA) is 42.3 Å². The van der Waals surface area contributed by atoms with E-state index < -0.39 is 0 Å². The normalized spacial score (nSPS) is 10.9. The third-order valence-corrected chi connectivity index (χ3v) is 5.12. The lowest BCUT2D eigenvalue weighted by Gasteiger charge is -2.19. The van der Waals surface area contributed by atoms with Gasteiger partial charge in [-0.05, 0) is 23.3 Å². The monoisotopic (exact) mass is 340 g/mol. The molecule has 1 heterocycles. The van der Waals surface area contributed by atoms with Gasteiger partial charge in [0, 0.05) is 37.6 Å². The minimum atomic E-state index is -0.00277. The first-order chi connectivity index (χ1) is 11.6. The molecule has 1 amide bonds. The SMILES string of the molecule is Cc1csc(=O)n1CCC(=O)N(C)Cc1cccc2ccccc12. The van der Waals surface area contributed by atoms with E-state index in [0.29, 0.717) is 19.5 Å². The number of thiazole rings is 1. The lowest BCUT2D eigenvalue weighted by atomic mass is 10.0. The Hall–Kier alpha value is -2.40. The van der Waals surface area contributed by atoms with Gasteiger partial charge in [0.1, 0.15) is 0 Å². The Morgan fingerprint density at radius 2 is 1.92 bits per heavy atom. The highest BCUT2D eigenvalue weighted by molar-refractivity contribution is 7.07. The molecule has 4 nitrogen and oxygen atoms in total. The van der Waals surface area contributed by atoms with Crippen LogP contribution in [0.15, 0.2) is 52.6 Å². The molecule has 124 valence electrons. The first-order valence-corrected chi connectivity index (χ1v) is 8.80. The number of hydrogen-bond acceptors (Lipinski definition) is 3. The van der Waals surface area contributed by atoms with E-state index in [1.165, 1.54) is 22.1 Å². The van der Waals surface area contributed by atoms with Crippen LogP contribution in [0.3, 0.4) is 0 Å². The number of benzene rings is 2. The molecule has 0 atom stereocenters. The summed E-state index contributed by atoms with van der Waals surface area (Å²) < 4.78 is 1.66. The fraction of sp³-hybridized carbons (Fsp3) is 0.263. The lowest BCUT2D eigenvalue weighted by Crippen LogP contribution is -2.28. The van der Waals surface area contributed by atoms with Gasteiger partial charge < -0.3 is 9.47 Å². The molecule has 0 fully saturated rings. The minimum absolute atomic E-state index is 0.00277. The number of nitrogens with zero attached hydrogens (tertiary/aromatic N) is 2. The summed E-state index contributed by atoms with van der Waals surface area (Å²) in [5.74, 6) is 0.0421. The Kier molecular flexibility index (Phi) is 4.81. The number of aromatic nitrogens is 1. The summed E-state index contributed by atoms with van der Waals surface area (Å²) in [4.78, 5) is 25.9. The number of carbonyl (C=O) groups excluding carboxylic acids is 1. The maximum absolute atomic E-state index is 12.4. The van der Waals surface area contributed by atoms with Crippen LogP contribution in [0, 0.1) is 6.92 Å². The van der Waals surface area contributed by atoms with Gasteiger partial charge in [0.05, 0.1) is 0 Å². The predicted octanol–water partition coefficient (Wildman–Crippen LogP) is 3.42. The van der Waals surface area contributed by atoms with Gasteiger partial charge in [-0.3, -0.25) is 9.59 Å². The van der Waals surface area contributed by atoms with Crippen molar-refractivity contribution in [3.63, 3.8) is 0 Å². The zero-order valence-corrected chi connectivity index (χ0v) is 14.7. The van der Waals surface area contributed by atoms with E-state index in [1.807, 2.05) is 37.6 Å². The quantitative estimate of drug-likeness (QED) is 0.714. The number of amides is 1. The second-order valence-corrected chi connectivity index (χ2v) is 6.75. The number of carbonyl (C=O) groups is 1. The van der Waals surface area contributed by atoms with Crippen LogP contribution in [0.5, 0.6) is 0 Å². The average Bonchev–Trinajstić information content (AvgIpc) is 2.91. The molecule has 5 heteroatoms. The Labute approximate surface area is 145 Å². The zero-order valence-electron chi connectivity index (χ0n) is 13.9. The molecule has 0 unspecified atom stereocenters. The van der Waals surface area contributed by atoms with Gasteiger partial charge in [-0.15, -0.1) is 0 Å². The molecule has 24 heavy (non-hydrogen) atoms. The highest BCUT2D eigenvalue weighted by atomic mass is 32.1. The third-order valence-electron chi connectivity index (χ3n) is 4.24. The van der Waals surface area contributed by atoms with Gasteiger partial charge in [0.15, 0.2) is 0 Å². The predicted molar refractivity (Wildman–Crippen MR) is 98.4 cm³/mol. The molecule has 1 aromatic heterocycles. The van der Waals surface area contributed by atoms with E-state index in [2.05, 4.69) is 24.3 Å². The molecule has 0 spiro atoms. The molecule has 0 bridgehead atoms. The van der Waals surface area contributed by atoms with Gasteiger partial charge in [-0.25, -0.2) is 0 Å². The van der Waals surface area contributed by atoms with Crippen LogP contribution in [0.25, 0.3) is 10.8 Å². The Morgan fingerprint density at radius 1 is 1.17 bits per heavy atom. The second-order valence-electron chi connectivity index (χ2n) is 5.93. The van der Waals surface area contributed by atoms with Crippen LogP contribution < -0.4 is 4.87 Å². The van der Waals surface area contributed by atoms with E-state index in [9.17, 15) is 9.59 Å². The molecule has 0 N–H and O–H groups in total. The maximum atomic E-state index is 12.4. The highest BCUT2D eigenvalue weighted by Crippen LogP contribution is 2.19. The summed E-state index contributed by atoms with van der Waals surface area (Å²) in [6.45, 7) is 2.90. The molecular weight excluding hydrogens is 320 g/mol. The number of aryl methyl sites for hydroxylation is 1. The second kappa shape index (κ2) is 7.01. The number of fused-ring (bicyclic) bond motifs is 1. The molecule has 0 aliphatic rings. The summed E-state index contributed by atoms with van der Waals surface area (Å²) in [7, 11) is 1.81. The molecule has 0 saturated carbocycles. The van der Waals surface area contributed by atoms with Crippen molar-refractivity contribution in [2.75, 3.05) is 7.05 Å². The first-order valence-electron chi connectivity index (χ1n) is 7.92. The molecular formula is C19H20N2O2S. The Morgan fingerprint density at radius 3 is 2.67 bits per heavy atom. The van der Waals surface area contributed by atoms with Gasteiger partial charge in [0.25, 0.3) is 0 Å². The maximum Gasteiger partial charge on any atom is 0.307 e. The summed E-state index contributed by atoms with van der Waals surface area (Å²) in [6, 6.07) is 14.3. The average molecular weight is 340 g/mol. The van der Waals surface area contributed by atoms with Crippen molar-refractivity contribution in [3.05, 3.63) is 68.8 Å². The van der Waals surface area contributed by atoms with Crippen molar-refractivity contribution in [2.45, 2.75) is 26.4 Å². The molecule has 0 aliphatic heterocycles. The van der Waals surface area contributed by atoms with Gasteiger partial charge in [0.2, 0.25) is 5.91 Å². The van der Waals surface area contributed by atoms with Crippen molar-refractivity contribution in [3.8, 4) is 0 Å². The van der Waals surface area contributed by atoms with Crippen LogP contribution >= 0.6 is 11.3 Å². The molecule has 3 rings (SSSR count). The minimum Gasteiger partial charge on any atom is -0.341 e. The summed E-state index contributed by atoms with van der Waals surface area (Å²) in [5.41, 5.74) is 2.04. The van der Waals surface area contributed by atoms with E-state index in [4.69, 9.17) is 0 Å². The molecule has 3 aromatic rings. The third kappa shape index (κ3) is 3.41. The summed E-state index contributed by atoms with van der Waals surface area (Å²) in [5, 5.41) is 4.17. The van der Waals surface area contributed by atoms with Gasteiger partial charge >= 0.3 is 4.87 Å². The van der Waals surface area contributed by atoms with E-state index in [1.54, 1.807) is 9.47 Å². The largest absolute Gasteiger partial charge is 0.341 e. The van der Waals surface area contributed by atoms with E-state index >= 15 is 0 Å². The summed E-state index contributed by atoms with van der Waals surface area (Å²) >= 11 is 1.18. The van der Waals surface area contributed by atoms with E-state index in [-0.39, 0.29) is 10.8 Å². The van der Waals surface area contributed by atoms with Crippen LogP contribution in [0.2, 0.25) is 0 Å². The summed E-state index contributed by atoms with van der Waals surface area (Å²) in [6.07, 6.45) is 0.332. The zero-order chi connectivity index (χ0) is 17.1. The Bertz CT molecular complexity index is 921. The van der Waals surface area contributed by atoms with Crippen LogP contribution in [-0.4, -0.2) is 22.4 Å². The molecule has 0 radical (unpaired) electrons. The lowest BCUT2D eigenvalue weighted by molar-refractivity contribution is -0.130. The Balaban J connectivity index is 1.69. The fourth-order valence-corrected chi connectivity index (χ4v) is 3.61. The van der Waals surface area contributed by atoms with Crippen molar-refractivity contribution >= 4 is 28.0 Å². The first kappa shape index (κ1) is 16.5. The highest BCUT2D eigenvalue weighted by Gasteiger charge is 2.12. The van der Waals surface area contributed by atoms with Crippen molar-refractivity contribution in [2.24, 2.45) is 0 Å². The number of hydrogen-bond donors (Lipinski definition) is 0. The van der Waals surface area contributed by atoms with Gasteiger partial charge in [-0.2, -0.15) is 0 Å². The van der Waals surface area contributed by atoms with Crippen molar-refractivity contribution < 1.29 is 4.79 Å². The van der Waals surface area contributed by atoms with Crippen LogP contribution in [0.1, 0.15) is 17.7 Å². The number of rotatable bonds is 5. The molecule has 2 aromatic carbocycles. The van der Waals surface area contributed by atoms with Crippen LogP contribution in [-0.2, 0) is 17.9 Å². The van der Waals surface area contributed by atoms with Gasteiger partial charge in [-0.1, -0.05) is 53.8 Å². The smallest absolute Gasteiger partial charge is 0.307 e. The van der Waals surface area contributed by atoms with E-state index in [0.717, 1.165) is 11.3 Å². The van der Waals surface area contributed by atoms with Crippen LogP contribution in [0.4, 0.5) is 0 Å². The van der Waals surface area contributed by atoms with Crippen molar-refractivity contribution in [1.82, 2.24) is 9.47 Å². The molecule has 0 saturated heterocycles. The standard InChI is InChI=1S/C19H20N2O2S/c1-14-13-24-19(23)21(14)11-10-18(22)20(2)12-16-8-5-7-15-6-3-4-9-17(15)16/h3-9,13H,10-12H2,1-2H3. The molecule has 0 aliphatic carbocycles.